The summed E-state index contributed by atoms with van der Waals surface area (Å²) in [5.74, 6) is 0.485. The highest BCUT2D eigenvalue weighted by Gasteiger charge is 2.18. The molecule has 1 aromatic heterocycles. The number of aryl methyl sites for hydroxylation is 1. The Hall–Kier alpha value is -1.69. The number of nitro groups is 1. The average molecular weight is 226 g/mol. The van der Waals surface area contributed by atoms with E-state index in [-0.39, 0.29) is 0 Å². The van der Waals surface area contributed by atoms with Gasteiger partial charge in [0.25, 0.3) is 0 Å². The topological polar surface area (TPSA) is 85.5 Å². The van der Waals surface area contributed by atoms with Crippen LogP contribution in [-0.2, 0) is 6.42 Å². The largest absolute Gasteiger partial charge is 0.481 e. The summed E-state index contributed by atoms with van der Waals surface area (Å²) < 4.78 is 4.94. The van der Waals surface area contributed by atoms with E-state index in [2.05, 4.69) is 4.98 Å². The van der Waals surface area contributed by atoms with E-state index in [9.17, 15) is 10.1 Å². The SMILES string of the molecule is COc1cc(CCC(CO)[N+](=O)[O-])ccn1. The molecule has 6 nitrogen and oxygen atoms in total. The Kier molecular flexibility index (Phi) is 4.65. The van der Waals surface area contributed by atoms with E-state index in [4.69, 9.17) is 9.84 Å². The number of aromatic nitrogens is 1. The molecule has 1 aromatic rings. The van der Waals surface area contributed by atoms with Crippen molar-refractivity contribution < 1.29 is 14.8 Å². The second-order valence-corrected chi connectivity index (χ2v) is 3.37. The molecule has 88 valence electrons. The summed E-state index contributed by atoms with van der Waals surface area (Å²) in [6.45, 7) is -0.435. The third kappa shape index (κ3) is 3.47. The fraction of sp³-hybridized carbons (Fsp3) is 0.500. The second kappa shape index (κ2) is 6.02. The lowest BCUT2D eigenvalue weighted by atomic mass is 10.1. The molecule has 0 aliphatic carbocycles. The number of rotatable bonds is 6. The Labute approximate surface area is 93.0 Å². The van der Waals surface area contributed by atoms with Gasteiger partial charge in [-0.25, -0.2) is 4.98 Å². The predicted octanol–water partition coefficient (Wildman–Crippen LogP) is 0.660. The second-order valence-electron chi connectivity index (χ2n) is 3.37. The highest BCUT2D eigenvalue weighted by atomic mass is 16.6. The number of ether oxygens (including phenoxy) is 1. The van der Waals surface area contributed by atoms with E-state index in [0.717, 1.165) is 5.56 Å². The van der Waals surface area contributed by atoms with Crippen LogP contribution in [0, 0.1) is 10.1 Å². The third-order valence-electron chi connectivity index (χ3n) is 2.28. The van der Waals surface area contributed by atoms with Gasteiger partial charge in [0.1, 0.15) is 6.61 Å². The van der Waals surface area contributed by atoms with Gasteiger partial charge in [0.05, 0.1) is 7.11 Å². The van der Waals surface area contributed by atoms with E-state index in [0.29, 0.717) is 18.7 Å². The van der Waals surface area contributed by atoms with Gasteiger partial charge in [-0.1, -0.05) is 0 Å². The lowest BCUT2D eigenvalue weighted by Crippen LogP contribution is -2.24. The average Bonchev–Trinajstić information content (AvgIpc) is 2.29. The van der Waals surface area contributed by atoms with Crippen LogP contribution in [0.25, 0.3) is 0 Å². The van der Waals surface area contributed by atoms with E-state index < -0.39 is 17.6 Å². The normalized spacial score (nSPS) is 12.1. The van der Waals surface area contributed by atoms with Crippen molar-refractivity contribution in [3.05, 3.63) is 34.0 Å². The van der Waals surface area contributed by atoms with Crippen LogP contribution in [0.5, 0.6) is 5.88 Å². The summed E-state index contributed by atoms with van der Waals surface area (Å²) in [6.07, 6.45) is 2.41. The summed E-state index contributed by atoms with van der Waals surface area (Å²) in [5.41, 5.74) is 0.909. The minimum atomic E-state index is -0.904. The molecule has 0 saturated carbocycles. The fourth-order valence-electron chi connectivity index (χ4n) is 1.31. The van der Waals surface area contributed by atoms with Crippen molar-refractivity contribution in [2.75, 3.05) is 13.7 Å². The zero-order valence-electron chi connectivity index (χ0n) is 9.00. The van der Waals surface area contributed by atoms with E-state index in [1.165, 1.54) is 7.11 Å². The van der Waals surface area contributed by atoms with Crippen LogP contribution in [0.2, 0.25) is 0 Å². The lowest BCUT2D eigenvalue weighted by Gasteiger charge is -2.06. The molecule has 0 aromatic carbocycles. The summed E-state index contributed by atoms with van der Waals surface area (Å²) >= 11 is 0. The first-order valence-electron chi connectivity index (χ1n) is 4.90. The number of hydrogen-bond donors (Lipinski definition) is 1. The smallest absolute Gasteiger partial charge is 0.236 e. The van der Waals surface area contributed by atoms with Crippen LogP contribution < -0.4 is 4.74 Å². The summed E-state index contributed by atoms with van der Waals surface area (Å²) in [7, 11) is 1.51. The third-order valence-corrected chi connectivity index (χ3v) is 2.28. The van der Waals surface area contributed by atoms with Crippen molar-refractivity contribution in [1.29, 1.82) is 0 Å². The van der Waals surface area contributed by atoms with Gasteiger partial charge in [0.15, 0.2) is 0 Å². The molecule has 0 aliphatic heterocycles. The summed E-state index contributed by atoms with van der Waals surface area (Å²) in [4.78, 5) is 14.0. The first-order chi connectivity index (χ1) is 7.67. The van der Waals surface area contributed by atoms with Crippen LogP contribution in [0.4, 0.5) is 0 Å². The molecule has 1 heterocycles. The highest BCUT2D eigenvalue weighted by molar-refractivity contribution is 5.20. The molecule has 1 N–H and O–H groups in total. The predicted molar refractivity (Wildman–Crippen MR) is 57.0 cm³/mol. The first-order valence-corrected chi connectivity index (χ1v) is 4.90. The quantitative estimate of drug-likeness (QED) is 0.569. The van der Waals surface area contributed by atoms with Gasteiger partial charge in [-0.15, -0.1) is 0 Å². The van der Waals surface area contributed by atoms with Gasteiger partial charge in [0, 0.05) is 23.6 Å². The molecule has 1 rings (SSSR count). The van der Waals surface area contributed by atoms with Gasteiger partial charge < -0.3 is 9.84 Å². The molecule has 0 radical (unpaired) electrons. The minimum absolute atomic E-state index is 0.302. The fourth-order valence-corrected chi connectivity index (χ4v) is 1.31. The lowest BCUT2D eigenvalue weighted by molar-refractivity contribution is -0.526. The Bertz CT molecular complexity index is 356. The van der Waals surface area contributed by atoms with Crippen LogP contribution in [0.1, 0.15) is 12.0 Å². The summed E-state index contributed by atoms with van der Waals surface area (Å²) in [6, 6.07) is 2.60. The van der Waals surface area contributed by atoms with Crippen molar-refractivity contribution >= 4 is 0 Å². The zero-order chi connectivity index (χ0) is 12.0. The van der Waals surface area contributed by atoms with E-state index in [1.807, 2.05) is 0 Å². The van der Waals surface area contributed by atoms with Crippen molar-refractivity contribution in [2.45, 2.75) is 18.9 Å². The summed E-state index contributed by atoms with van der Waals surface area (Å²) in [5, 5.41) is 19.3. The number of methoxy groups -OCH3 is 1. The van der Waals surface area contributed by atoms with E-state index in [1.54, 1.807) is 18.3 Å². The molecule has 0 bridgehead atoms. The molecule has 0 amide bonds. The highest BCUT2D eigenvalue weighted by Crippen LogP contribution is 2.12. The molecule has 0 saturated heterocycles. The first kappa shape index (κ1) is 12.4. The van der Waals surface area contributed by atoms with Gasteiger partial charge in [-0.2, -0.15) is 0 Å². The molecule has 0 spiro atoms. The van der Waals surface area contributed by atoms with E-state index >= 15 is 0 Å². The van der Waals surface area contributed by atoms with Crippen molar-refractivity contribution in [2.24, 2.45) is 0 Å². The maximum absolute atomic E-state index is 10.5. The monoisotopic (exact) mass is 226 g/mol. The van der Waals surface area contributed by atoms with Crippen LogP contribution in [0.3, 0.4) is 0 Å². The number of aliphatic hydroxyl groups is 1. The van der Waals surface area contributed by atoms with Gasteiger partial charge >= 0.3 is 0 Å². The van der Waals surface area contributed by atoms with Crippen molar-refractivity contribution in [1.82, 2.24) is 4.98 Å². The van der Waals surface area contributed by atoms with Gasteiger partial charge in [-0.05, 0) is 18.1 Å². The number of pyridine rings is 1. The van der Waals surface area contributed by atoms with Crippen LogP contribution in [-0.4, -0.2) is 34.8 Å². The number of aliphatic hydroxyl groups excluding tert-OH is 1. The number of hydrogen-bond acceptors (Lipinski definition) is 5. The molecule has 6 heteroatoms. The molecule has 0 fully saturated rings. The Morgan fingerprint density at radius 2 is 2.44 bits per heavy atom. The zero-order valence-corrected chi connectivity index (χ0v) is 9.00. The maximum Gasteiger partial charge on any atom is 0.236 e. The standard InChI is InChI=1S/C10H14N2O4/c1-16-10-6-8(4-5-11-10)2-3-9(7-13)12(14)15/h4-6,9,13H,2-3,7H2,1H3. The van der Waals surface area contributed by atoms with Gasteiger partial charge in [0.2, 0.25) is 11.9 Å². The molecular weight excluding hydrogens is 212 g/mol. The van der Waals surface area contributed by atoms with Crippen molar-refractivity contribution in [3.63, 3.8) is 0 Å². The Balaban J connectivity index is 2.56. The molecule has 1 atom stereocenters. The van der Waals surface area contributed by atoms with Crippen LogP contribution in [0.15, 0.2) is 18.3 Å². The molecule has 1 unspecified atom stereocenters. The minimum Gasteiger partial charge on any atom is -0.481 e. The molecule has 0 aliphatic rings. The number of nitrogens with zero attached hydrogens (tertiary/aromatic N) is 2. The molecule has 16 heavy (non-hydrogen) atoms. The molecular formula is C10H14N2O4. The van der Waals surface area contributed by atoms with Gasteiger partial charge in [-0.3, -0.25) is 10.1 Å². The Morgan fingerprint density at radius 3 is 3.00 bits per heavy atom. The van der Waals surface area contributed by atoms with Crippen molar-refractivity contribution in [3.8, 4) is 5.88 Å². The maximum atomic E-state index is 10.5. The Morgan fingerprint density at radius 1 is 1.69 bits per heavy atom. The van der Waals surface area contributed by atoms with Crippen LogP contribution >= 0.6 is 0 Å².